The Morgan fingerprint density at radius 1 is 1.17 bits per heavy atom. The molecule has 1 heterocycles. The third-order valence-electron chi connectivity index (χ3n) is 2.27. The molecule has 0 saturated heterocycles. The molecule has 1 aromatic heterocycles. The molecule has 0 radical (unpaired) electrons. The van der Waals surface area contributed by atoms with Crippen LogP contribution in [-0.2, 0) is 4.79 Å². The van der Waals surface area contributed by atoms with Crippen molar-refractivity contribution in [1.82, 2.24) is 4.98 Å². The molecule has 92 valence electrons. The Hall–Kier alpha value is -2.36. The predicted octanol–water partition coefficient (Wildman–Crippen LogP) is 2.41. The largest absolute Gasteiger partial charge is 0.484 e. The normalized spacial score (nSPS) is 9.83. The van der Waals surface area contributed by atoms with Crippen molar-refractivity contribution < 1.29 is 9.53 Å². The summed E-state index contributed by atoms with van der Waals surface area (Å²) in [6.07, 6.45) is 0. The molecule has 18 heavy (non-hydrogen) atoms. The van der Waals surface area contributed by atoms with E-state index >= 15 is 0 Å². The summed E-state index contributed by atoms with van der Waals surface area (Å²) in [5, 5.41) is 2.68. The van der Waals surface area contributed by atoms with Gasteiger partial charge in [0.1, 0.15) is 11.6 Å². The second-order valence-electron chi connectivity index (χ2n) is 3.81. The van der Waals surface area contributed by atoms with Crippen molar-refractivity contribution in [2.75, 3.05) is 11.9 Å². The van der Waals surface area contributed by atoms with Gasteiger partial charge in [-0.1, -0.05) is 24.3 Å². The number of aryl methyl sites for hydroxylation is 1. The maximum atomic E-state index is 11.6. The Kier molecular flexibility index (Phi) is 3.91. The van der Waals surface area contributed by atoms with Crippen LogP contribution in [0.1, 0.15) is 5.69 Å². The Labute approximate surface area is 106 Å². The van der Waals surface area contributed by atoms with Gasteiger partial charge in [-0.15, -0.1) is 0 Å². The molecule has 0 unspecified atom stereocenters. The molecule has 1 amide bonds. The second kappa shape index (κ2) is 5.82. The summed E-state index contributed by atoms with van der Waals surface area (Å²) >= 11 is 0. The van der Waals surface area contributed by atoms with E-state index in [9.17, 15) is 4.79 Å². The van der Waals surface area contributed by atoms with Gasteiger partial charge >= 0.3 is 0 Å². The van der Waals surface area contributed by atoms with E-state index in [1.165, 1.54) is 0 Å². The van der Waals surface area contributed by atoms with E-state index in [1.807, 2.05) is 37.3 Å². The molecule has 0 aliphatic rings. The fraction of sp³-hybridized carbons (Fsp3) is 0.143. The lowest BCUT2D eigenvalue weighted by Gasteiger charge is -2.07. The zero-order valence-corrected chi connectivity index (χ0v) is 10.1. The first-order valence-electron chi connectivity index (χ1n) is 5.65. The zero-order valence-electron chi connectivity index (χ0n) is 10.1. The van der Waals surface area contributed by atoms with Crippen LogP contribution in [0, 0.1) is 6.92 Å². The number of nitrogens with one attached hydrogen (secondary N) is 1. The summed E-state index contributed by atoms with van der Waals surface area (Å²) < 4.78 is 5.33. The van der Waals surface area contributed by atoms with Gasteiger partial charge in [0.25, 0.3) is 5.91 Å². The molecule has 4 nitrogen and oxygen atoms in total. The summed E-state index contributed by atoms with van der Waals surface area (Å²) in [5.41, 5.74) is 0.858. The highest BCUT2D eigenvalue weighted by molar-refractivity contribution is 5.90. The number of carbonyl (C=O) groups is 1. The first-order chi connectivity index (χ1) is 8.74. The van der Waals surface area contributed by atoms with E-state index in [1.54, 1.807) is 18.2 Å². The minimum absolute atomic E-state index is 0.0281. The quantitative estimate of drug-likeness (QED) is 0.895. The molecule has 1 aromatic carbocycles. The lowest BCUT2D eigenvalue weighted by Crippen LogP contribution is -2.20. The van der Waals surface area contributed by atoms with Gasteiger partial charge in [-0.25, -0.2) is 4.98 Å². The second-order valence-corrected chi connectivity index (χ2v) is 3.81. The molecular formula is C14H14N2O2. The highest BCUT2D eigenvalue weighted by Crippen LogP contribution is 2.08. The molecule has 0 fully saturated rings. The molecule has 2 aromatic rings. The summed E-state index contributed by atoms with van der Waals surface area (Å²) in [6, 6.07) is 14.7. The van der Waals surface area contributed by atoms with Crippen molar-refractivity contribution in [3.63, 3.8) is 0 Å². The highest BCUT2D eigenvalue weighted by atomic mass is 16.5. The minimum atomic E-state index is -0.225. The number of anilines is 1. The van der Waals surface area contributed by atoms with Crippen LogP contribution in [0.25, 0.3) is 0 Å². The maximum absolute atomic E-state index is 11.6. The van der Waals surface area contributed by atoms with Crippen LogP contribution in [0.4, 0.5) is 5.82 Å². The Morgan fingerprint density at radius 3 is 2.67 bits per heavy atom. The molecule has 0 atom stereocenters. The molecule has 0 aliphatic heterocycles. The van der Waals surface area contributed by atoms with Crippen molar-refractivity contribution in [3.8, 4) is 5.75 Å². The SMILES string of the molecule is Cc1cccc(NC(=O)COc2ccccc2)n1. The lowest BCUT2D eigenvalue weighted by molar-refractivity contribution is -0.118. The topological polar surface area (TPSA) is 51.2 Å². The van der Waals surface area contributed by atoms with Gasteiger partial charge in [0.05, 0.1) is 0 Å². The van der Waals surface area contributed by atoms with E-state index in [4.69, 9.17) is 4.74 Å². The zero-order chi connectivity index (χ0) is 12.8. The molecule has 0 spiro atoms. The van der Waals surface area contributed by atoms with Crippen LogP contribution in [0.5, 0.6) is 5.75 Å². The van der Waals surface area contributed by atoms with Crippen LogP contribution in [-0.4, -0.2) is 17.5 Å². The van der Waals surface area contributed by atoms with Gasteiger partial charge < -0.3 is 10.1 Å². The molecule has 0 saturated carbocycles. The first-order valence-corrected chi connectivity index (χ1v) is 5.65. The monoisotopic (exact) mass is 242 g/mol. The van der Waals surface area contributed by atoms with E-state index in [0.717, 1.165) is 5.69 Å². The number of rotatable bonds is 4. The predicted molar refractivity (Wildman–Crippen MR) is 69.5 cm³/mol. The summed E-state index contributed by atoms with van der Waals surface area (Å²) in [5.74, 6) is 0.985. The van der Waals surface area contributed by atoms with E-state index in [-0.39, 0.29) is 12.5 Å². The van der Waals surface area contributed by atoms with Gasteiger partial charge in [-0.2, -0.15) is 0 Å². The van der Waals surface area contributed by atoms with Crippen molar-refractivity contribution in [1.29, 1.82) is 0 Å². The standard InChI is InChI=1S/C14H14N2O2/c1-11-6-5-9-13(15-11)16-14(17)10-18-12-7-3-2-4-8-12/h2-9H,10H2,1H3,(H,15,16,17). The van der Waals surface area contributed by atoms with Crippen LogP contribution >= 0.6 is 0 Å². The van der Waals surface area contributed by atoms with Gasteiger partial charge in [0.15, 0.2) is 6.61 Å². The number of ether oxygens (including phenoxy) is 1. The summed E-state index contributed by atoms with van der Waals surface area (Å²) in [7, 11) is 0. The number of hydrogen-bond acceptors (Lipinski definition) is 3. The van der Waals surface area contributed by atoms with Gasteiger partial charge in [-0.05, 0) is 31.2 Å². The molecule has 0 bridgehead atoms. The van der Waals surface area contributed by atoms with Crippen LogP contribution in [0.2, 0.25) is 0 Å². The number of carbonyl (C=O) groups excluding carboxylic acids is 1. The number of benzene rings is 1. The fourth-order valence-electron chi connectivity index (χ4n) is 1.46. The molecular weight excluding hydrogens is 228 g/mol. The lowest BCUT2D eigenvalue weighted by atomic mass is 10.3. The summed E-state index contributed by atoms with van der Waals surface area (Å²) in [4.78, 5) is 15.8. The smallest absolute Gasteiger partial charge is 0.263 e. The van der Waals surface area contributed by atoms with E-state index in [2.05, 4.69) is 10.3 Å². The number of aromatic nitrogens is 1. The number of para-hydroxylation sites is 1. The van der Waals surface area contributed by atoms with Crippen LogP contribution in [0.15, 0.2) is 48.5 Å². The third-order valence-corrected chi connectivity index (χ3v) is 2.27. The Bertz CT molecular complexity index is 526. The number of amides is 1. The Balaban J connectivity index is 1.86. The fourth-order valence-corrected chi connectivity index (χ4v) is 1.46. The van der Waals surface area contributed by atoms with Gasteiger partial charge in [0, 0.05) is 5.69 Å². The van der Waals surface area contributed by atoms with E-state index in [0.29, 0.717) is 11.6 Å². The number of pyridine rings is 1. The highest BCUT2D eigenvalue weighted by Gasteiger charge is 2.04. The number of nitrogens with zero attached hydrogens (tertiary/aromatic N) is 1. The van der Waals surface area contributed by atoms with Gasteiger partial charge in [-0.3, -0.25) is 4.79 Å². The molecule has 4 heteroatoms. The molecule has 2 rings (SSSR count). The van der Waals surface area contributed by atoms with E-state index < -0.39 is 0 Å². The first kappa shape index (κ1) is 12.1. The van der Waals surface area contributed by atoms with Crippen molar-refractivity contribution in [3.05, 3.63) is 54.2 Å². The maximum Gasteiger partial charge on any atom is 0.263 e. The van der Waals surface area contributed by atoms with Gasteiger partial charge in [0.2, 0.25) is 0 Å². The van der Waals surface area contributed by atoms with Crippen molar-refractivity contribution in [2.45, 2.75) is 6.92 Å². The Morgan fingerprint density at radius 2 is 1.94 bits per heavy atom. The molecule has 1 N–H and O–H groups in total. The van der Waals surface area contributed by atoms with Crippen molar-refractivity contribution >= 4 is 11.7 Å². The van der Waals surface area contributed by atoms with Crippen LogP contribution in [0.3, 0.4) is 0 Å². The molecule has 0 aliphatic carbocycles. The third kappa shape index (κ3) is 3.59. The minimum Gasteiger partial charge on any atom is -0.484 e. The van der Waals surface area contributed by atoms with Crippen molar-refractivity contribution in [2.24, 2.45) is 0 Å². The average molecular weight is 242 g/mol. The van der Waals surface area contributed by atoms with Crippen LogP contribution < -0.4 is 10.1 Å². The number of hydrogen-bond donors (Lipinski definition) is 1. The summed E-state index contributed by atoms with van der Waals surface area (Å²) in [6.45, 7) is 1.84. The average Bonchev–Trinajstić information content (AvgIpc) is 2.38.